The molecular weight excluding hydrogens is 256 g/mol. The fraction of sp³-hybridized carbons (Fsp3) is 0.357. The van der Waals surface area contributed by atoms with Gasteiger partial charge < -0.3 is 10.1 Å². The lowest BCUT2D eigenvalue weighted by atomic mass is 10.2. The van der Waals surface area contributed by atoms with Crippen LogP contribution in [0.1, 0.15) is 21.6 Å². The second-order valence-corrected chi connectivity index (χ2v) is 4.52. The summed E-state index contributed by atoms with van der Waals surface area (Å²) >= 11 is 0. The van der Waals surface area contributed by atoms with Crippen molar-refractivity contribution in [2.45, 2.75) is 13.3 Å². The maximum absolute atomic E-state index is 11.5. The van der Waals surface area contributed by atoms with E-state index in [0.717, 1.165) is 18.8 Å². The molecule has 0 radical (unpaired) electrons. The maximum atomic E-state index is 11.5. The summed E-state index contributed by atoms with van der Waals surface area (Å²) in [5, 5.41) is 7.35. The number of carbonyl (C=O) groups is 1. The van der Waals surface area contributed by atoms with Crippen molar-refractivity contribution in [3.8, 4) is 0 Å². The first-order chi connectivity index (χ1) is 9.60. The van der Waals surface area contributed by atoms with E-state index in [1.54, 1.807) is 23.7 Å². The molecule has 6 nitrogen and oxygen atoms in total. The lowest BCUT2D eigenvalue weighted by Gasteiger charge is -2.08. The van der Waals surface area contributed by atoms with Gasteiger partial charge in [-0.05, 0) is 31.0 Å². The van der Waals surface area contributed by atoms with E-state index in [0.29, 0.717) is 11.3 Å². The van der Waals surface area contributed by atoms with Gasteiger partial charge in [0, 0.05) is 19.8 Å². The maximum Gasteiger partial charge on any atom is 0.339 e. The van der Waals surface area contributed by atoms with E-state index in [2.05, 4.69) is 20.1 Å². The van der Waals surface area contributed by atoms with E-state index in [9.17, 15) is 4.79 Å². The smallest absolute Gasteiger partial charge is 0.339 e. The largest absolute Gasteiger partial charge is 0.465 e. The van der Waals surface area contributed by atoms with Crippen molar-refractivity contribution in [1.82, 2.24) is 14.8 Å². The molecule has 20 heavy (non-hydrogen) atoms. The highest BCUT2D eigenvalue weighted by atomic mass is 16.5. The highest BCUT2D eigenvalue weighted by Gasteiger charge is 2.10. The van der Waals surface area contributed by atoms with E-state index in [1.165, 1.54) is 12.7 Å². The molecule has 2 aromatic rings. The van der Waals surface area contributed by atoms with Gasteiger partial charge in [0.2, 0.25) is 0 Å². The highest BCUT2D eigenvalue weighted by Crippen LogP contribution is 2.11. The predicted octanol–water partition coefficient (Wildman–Crippen LogP) is 1.56. The molecule has 0 saturated heterocycles. The minimum atomic E-state index is -0.364. The third-order valence-corrected chi connectivity index (χ3v) is 2.97. The first kappa shape index (κ1) is 14.0. The van der Waals surface area contributed by atoms with Crippen LogP contribution in [0.3, 0.4) is 0 Å². The zero-order valence-electron chi connectivity index (χ0n) is 11.9. The number of anilines is 1. The zero-order chi connectivity index (χ0) is 14.5. The van der Waals surface area contributed by atoms with Crippen LogP contribution >= 0.6 is 0 Å². The van der Waals surface area contributed by atoms with Gasteiger partial charge in [0.15, 0.2) is 0 Å². The van der Waals surface area contributed by atoms with Crippen molar-refractivity contribution in [2.75, 3.05) is 19.0 Å². The summed E-state index contributed by atoms with van der Waals surface area (Å²) in [4.78, 5) is 15.8. The Morgan fingerprint density at radius 3 is 2.85 bits per heavy atom. The van der Waals surface area contributed by atoms with Gasteiger partial charge in [-0.25, -0.2) is 9.78 Å². The molecule has 2 aromatic heterocycles. The number of hydrogen-bond acceptors (Lipinski definition) is 5. The number of nitrogens with zero attached hydrogens (tertiary/aromatic N) is 3. The Hall–Kier alpha value is -2.37. The number of esters is 1. The number of methoxy groups -OCH3 is 1. The molecule has 0 amide bonds. The second-order valence-electron chi connectivity index (χ2n) is 4.52. The van der Waals surface area contributed by atoms with Gasteiger partial charge in [-0.1, -0.05) is 0 Å². The van der Waals surface area contributed by atoms with Crippen molar-refractivity contribution in [3.05, 3.63) is 41.3 Å². The van der Waals surface area contributed by atoms with E-state index < -0.39 is 0 Å². The second kappa shape index (κ2) is 6.18. The molecule has 106 valence electrons. The number of rotatable bonds is 5. The zero-order valence-corrected chi connectivity index (χ0v) is 11.9. The molecule has 2 heterocycles. The van der Waals surface area contributed by atoms with Crippen LogP contribution in [-0.2, 0) is 18.2 Å². The van der Waals surface area contributed by atoms with Crippen LogP contribution in [0.5, 0.6) is 0 Å². The van der Waals surface area contributed by atoms with Gasteiger partial charge >= 0.3 is 5.97 Å². The Labute approximate surface area is 117 Å². The van der Waals surface area contributed by atoms with Crippen LogP contribution in [-0.4, -0.2) is 34.4 Å². The molecular formula is C14H18N4O2. The first-order valence-corrected chi connectivity index (χ1v) is 6.37. The predicted molar refractivity (Wildman–Crippen MR) is 75.7 cm³/mol. The molecule has 2 rings (SSSR count). The van der Waals surface area contributed by atoms with Crippen LogP contribution in [0.4, 0.5) is 5.82 Å². The summed E-state index contributed by atoms with van der Waals surface area (Å²) in [6.45, 7) is 2.55. The third-order valence-electron chi connectivity index (χ3n) is 2.97. The molecule has 0 unspecified atom stereocenters. The van der Waals surface area contributed by atoms with Crippen LogP contribution in [0.25, 0.3) is 0 Å². The molecule has 0 aliphatic carbocycles. The molecule has 0 fully saturated rings. The molecule has 0 saturated carbocycles. The topological polar surface area (TPSA) is 69.0 Å². The summed E-state index contributed by atoms with van der Waals surface area (Å²) in [5.74, 6) is 0.385. The fourth-order valence-corrected chi connectivity index (χ4v) is 1.92. The van der Waals surface area contributed by atoms with Gasteiger partial charge in [0.05, 0.1) is 24.6 Å². The molecule has 0 aliphatic heterocycles. The Bertz CT molecular complexity index is 607. The SMILES string of the molecule is COC(=O)c1ccc(NCCc2cnn(C)c2)nc1C. The van der Waals surface area contributed by atoms with Crippen LogP contribution in [0, 0.1) is 6.92 Å². The Morgan fingerprint density at radius 2 is 2.25 bits per heavy atom. The lowest BCUT2D eigenvalue weighted by Crippen LogP contribution is -2.09. The number of carbonyl (C=O) groups excluding carboxylic acids is 1. The van der Waals surface area contributed by atoms with E-state index in [1.807, 2.05) is 19.4 Å². The number of nitrogens with one attached hydrogen (secondary N) is 1. The lowest BCUT2D eigenvalue weighted by molar-refractivity contribution is 0.0599. The first-order valence-electron chi connectivity index (χ1n) is 6.37. The number of pyridine rings is 1. The Kier molecular flexibility index (Phi) is 4.34. The minimum Gasteiger partial charge on any atom is -0.465 e. The molecule has 0 bridgehead atoms. The van der Waals surface area contributed by atoms with E-state index >= 15 is 0 Å². The summed E-state index contributed by atoms with van der Waals surface area (Å²) in [6, 6.07) is 3.50. The normalized spacial score (nSPS) is 10.3. The van der Waals surface area contributed by atoms with Gasteiger partial charge in [0.25, 0.3) is 0 Å². The average Bonchev–Trinajstić information content (AvgIpc) is 2.84. The third kappa shape index (κ3) is 3.34. The van der Waals surface area contributed by atoms with Crippen LogP contribution in [0.2, 0.25) is 0 Å². The number of aryl methyl sites for hydroxylation is 2. The van der Waals surface area contributed by atoms with Crippen molar-refractivity contribution < 1.29 is 9.53 Å². The summed E-state index contributed by atoms with van der Waals surface area (Å²) in [7, 11) is 3.26. The quantitative estimate of drug-likeness (QED) is 0.838. The van der Waals surface area contributed by atoms with E-state index in [-0.39, 0.29) is 5.97 Å². The molecule has 0 aromatic carbocycles. The summed E-state index contributed by atoms with van der Waals surface area (Å²) < 4.78 is 6.47. The van der Waals surface area contributed by atoms with Gasteiger partial charge in [-0.2, -0.15) is 5.10 Å². The molecule has 6 heteroatoms. The fourth-order valence-electron chi connectivity index (χ4n) is 1.92. The monoisotopic (exact) mass is 274 g/mol. The van der Waals surface area contributed by atoms with Gasteiger partial charge in [-0.15, -0.1) is 0 Å². The van der Waals surface area contributed by atoms with Crippen molar-refractivity contribution in [2.24, 2.45) is 7.05 Å². The van der Waals surface area contributed by atoms with Gasteiger partial charge in [-0.3, -0.25) is 4.68 Å². The summed E-state index contributed by atoms with van der Waals surface area (Å²) in [6.07, 6.45) is 4.70. The van der Waals surface area contributed by atoms with Crippen molar-refractivity contribution >= 4 is 11.8 Å². The molecule has 0 atom stereocenters. The van der Waals surface area contributed by atoms with Crippen molar-refractivity contribution in [1.29, 1.82) is 0 Å². The molecule has 0 spiro atoms. The number of aromatic nitrogens is 3. The number of hydrogen-bond donors (Lipinski definition) is 1. The van der Waals surface area contributed by atoms with E-state index in [4.69, 9.17) is 0 Å². The Balaban J connectivity index is 1.93. The van der Waals surface area contributed by atoms with Crippen molar-refractivity contribution in [3.63, 3.8) is 0 Å². The van der Waals surface area contributed by atoms with Gasteiger partial charge in [0.1, 0.15) is 5.82 Å². The van der Waals surface area contributed by atoms with Crippen LogP contribution < -0.4 is 5.32 Å². The Morgan fingerprint density at radius 1 is 1.45 bits per heavy atom. The molecule has 1 N–H and O–H groups in total. The minimum absolute atomic E-state index is 0.364. The molecule has 0 aliphatic rings. The average molecular weight is 274 g/mol. The highest BCUT2D eigenvalue weighted by molar-refractivity contribution is 5.90. The summed E-state index contributed by atoms with van der Waals surface area (Å²) in [5.41, 5.74) is 2.32. The van der Waals surface area contributed by atoms with Crippen LogP contribution in [0.15, 0.2) is 24.5 Å². The number of ether oxygens (including phenoxy) is 1. The standard InChI is InChI=1S/C14H18N4O2/c1-10-12(14(19)20-3)4-5-13(17-10)15-7-6-11-8-16-18(2)9-11/h4-5,8-9H,6-7H2,1-3H3,(H,15,17).